The maximum Gasteiger partial charge on any atom is 0.123 e. The Kier molecular flexibility index (Phi) is 4.65. The van der Waals surface area contributed by atoms with Crippen LogP contribution in [0, 0.1) is 12.7 Å². The smallest absolute Gasteiger partial charge is 0.123 e. The highest BCUT2D eigenvalue weighted by Gasteiger charge is 2.13. The van der Waals surface area contributed by atoms with Crippen LogP contribution in [0.15, 0.2) is 30.4 Å². The fourth-order valence-corrected chi connectivity index (χ4v) is 1.72. The monoisotopic (exact) mass is 222 g/mol. The standard InChI is InChI=1S/C13H19FN2/c1-4-9(2)7-13(16-15)12-6-5-11(14)8-10(12)3/h5-6,8,13,16H,2,4,7,15H2,1,3H3. The van der Waals surface area contributed by atoms with Crippen molar-refractivity contribution in [3.63, 3.8) is 0 Å². The summed E-state index contributed by atoms with van der Waals surface area (Å²) >= 11 is 0. The van der Waals surface area contributed by atoms with Gasteiger partial charge in [-0.25, -0.2) is 4.39 Å². The van der Waals surface area contributed by atoms with Crippen LogP contribution < -0.4 is 11.3 Å². The van der Waals surface area contributed by atoms with Crippen LogP contribution in [0.5, 0.6) is 0 Å². The van der Waals surface area contributed by atoms with E-state index < -0.39 is 0 Å². The summed E-state index contributed by atoms with van der Waals surface area (Å²) in [5.41, 5.74) is 5.83. The highest BCUT2D eigenvalue weighted by atomic mass is 19.1. The van der Waals surface area contributed by atoms with Crippen LogP contribution >= 0.6 is 0 Å². The molecular weight excluding hydrogens is 203 g/mol. The Morgan fingerprint density at radius 2 is 2.25 bits per heavy atom. The highest BCUT2D eigenvalue weighted by Crippen LogP contribution is 2.24. The molecule has 3 N–H and O–H groups in total. The number of hydrogen-bond donors (Lipinski definition) is 2. The summed E-state index contributed by atoms with van der Waals surface area (Å²) in [4.78, 5) is 0. The average Bonchev–Trinajstić information content (AvgIpc) is 2.26. The zero-order valence-electron chi connectivity index (χ0n) is 9.89. The molecule has 3 heteroatoms. The number of rotatable bonds is 5. The lowest BCUT2D eigenvalue weighted by Gasteiger charge is -2.19. The predicted molar refractivity (Wildman–Crippen MR) is 65.2 cm³/mol. The molecule has 0 aliphatic heterocycles. The zero-order valence-corrected chi connectivity index (χ0v) is 9.89. The molecule has 1 atom stereocenters. The molecule has 0 spiro atoms. The fraction of sp³-hybridized carbons (Fsp3) is 0.385. The first-order chi connectivity index (χ1) is 7.58. The molecule has 1 aromatic carbocycles. The number of benzene rings is 1. The van der Waals surface area contributed by atoms with E-state index in [1.807, 2.05) is 6.92 Å². The Morgan fingerprint density at radius 3 is 2.75 bits per heavy atom. The number of hydrogen-bond acceptors (Lipinski definition) is 2. The van der Waals surface area contributed by atoms with Gasteiger partial charge in [0.15, 0.2) is 0 Å². The number of nitrogens with two attached hydrogens (primary N) is 1. The van der Waals surface area contributed by atoms with Crippen molar-refractivity contribution in [2.45, 2.75) is 32.7 Å². The minimum atomic E-state index is -0.216. The molecule has 0 saturated heterocycles. The third-order valence-corrected chi connectivity index (χ3v) is 2.80. The SMILES string of the molecule is C=C(CC)CC(NN)c1ccc(F)cc1C. The second-order valence-corrected chi connectivity index (χ2v) is 4.03. The average molecular weight is 222 g/mol. The predicted octanol–water partition coefficient (Wildman–Crippen LogP) is 2.99. The molecule has 0 heterocycles. The van der Waals surface area contributed by atoms with E-state index in [0.29, 0.717) is 0 Å². The molecule has 0 bridgehead atoms. The Hall–Kier alpha value is -1.19. The van der Waals surface area contributed by atoms with E-state index >= 15 is 0 Å². The summed E-state index contributed by atoms with van der Waals surface area (Å²) in [7, 11) is 0. The quantitative estimate of drug-likeness (QED) is 0.456. The second-order valence-electron chi connectivity index (χ2n) is 4.03. The largest absolute Gasteiger partial charge is 0.271 e. The van der Waals surface area contributed by atoms with E-state index in [0.717, 1.165) is 29.5 Å². The Balaban J connectivity index is 2.90. The molecule has 1 aromatic rings. The Labute approximate surface area is 96.3 Å². The summed E-state index contributed by atoms with van der Waals surface area (Å²) < 4.78 is 13.0. The lowest BCUT2D eigenvalue weighted by molar-refractivity contribution is 0.539. The molecule has 0 radical (unpaired) electrons. The number of halogens is 1. The van der Waals surface area contributed by atoms with Gasteiger partial charge >= 0.3 is 0 Å². The summed E-state index contributed by atoms with van der Waals surface area (Å²) in [5, 5.41) is 0. The van der Waals surface area contributed by atoms with Gasteiger partial charge in [0.25, 0.3) is 0 Å². The van der Waals surface area contributed by atoms with Crippen LogP contribution in [0.25, 0.3) is 0 Å². The van der Waals surface area contributed by atoms with Crippen molar-refractivity contribution in [2.24, 2.45) is 5.84 Å². The molecular formula is C13H19FN2. The van der Waals surface area contributed by atoms with Crippen molar-refractivity contribution in [3.8, 4) is 0 Å². The van der Waals surface area contributed by atoms with Gasteiger partial charge < -0.3 is 0 Å². The highest BCUT2D eigenvalue weighted by molar-refractivity contribution is 5.30. The van der Waals surface area contributed by atoms with Gasteiger partial charge in [-0.1, -0.05) is 25.1 Å². The van der Waals surface area contributed by atoms with Gasteiger partial charge in [0.2, 0.25) is 0 Å². The molecule has 16 heavy (non-hydrogen) atoms. The number of hydrazine groups is 1. The van der Waals surface area contributed by atoms with Crippen LogP contribution in [-0.2, 0) is 0 Å². The van der Waals surface area contributed by atoms with Crippen LogP contribution in [0.3, 0.4) is 0 Å². The first-order valence-electron chi connectivity index (χ1n) is 5.47. The topological polar surface area (TPSA) is 38.0 Å². The van der Waals surface area contributed by atoms with Crippen molar-refractivity contribution in [3.05, 3.63) is 47.3 Å². The van der Waals surface area contributed by atoms with E-state index in [4.69, 9.17) is 5.84 Å². The van der Waals surface area contributed by atoms with Crippen molar-refractivity contribution in [2.75, 3.05) is 0 Å². The van der Waals surface area contributed by atoms with Crippen LogP contribution in [0.4, 0.5) is 4.39 Å². The van der Waals surface area contributed by atoms with E-state index in [1.54, 1.807) is 6.07 Å². The zero-order chi connectivity index (χ0) is 12.1. The van der Waals surface area contributed by atoms with Gasteiger partial charge in [0.1, 0.15) is 5.82 Å². The van der Waals surface area contributed by atoms with Gasteiger partial charge in [-0.2, -0.15) is 0 Å². The minimum Gasteiger partial charge on any atom is -0.271 e. The maximum absolute atomic E-state index is 13.0. The molecule has 0 saturated carbocycles. The second kappa shape index (κ2) is 5.77. The van der Waals surface area contributed by atoms with Gasteiger partial charge in [-0.3, -0.25) is 11.3 Å². The minimum absolute atomic E-state index is 0.00745. The molecule has 0 aliphatic carbocycles. The molecule has 2 nitrogen and oxygen atoms in total. The van der Waals surface area contributed by atoms with Crippen LogP contribution in [-0.4, -0.2) is 0 Å². The summed E-state index contributed by atoms with van der Waals surface area (Å²) in [6.45, 7) is 7.91. The third kappa shape index (κ3) is 3.15. The van der Waals surface area contributed by atoms with E-state index in [1.165, 1.54) is 12.1 Å². The molecule has 0 aliphatic rings. The first-order valence-corrected chi connectivity index (χ1v) is 5.47. The van der Waals surface area contributed by atoms with Crippen molar-refractivity contribution in [1.82, 2.24) is 5.43 Å². The van der Waals surface area contributed by atoms with Gasteiger partial charge in [0, 0.05) is 6.04 Å². The van der Waals surface area contributed by atoms with E-state index in [2.05, 4.69) is 18.9 Å². The summed E-state index contributed by atoms with van der Waals surface area (Å²) in [5.74, 6) is 5.31. The van der Waals surface area contributed by atoms with E-state index in [-0.39, 0.29) is 11.9 Å². The first kappa shape index (κ1) is 12.9. The molecule has 0 fully saturated rings. The summed E-state index contributed by atoms with van der Waals surface area (Å²) in [6.07, 6.45) is 1.71. The lowest BCUT2D eigenvalue weighted by atomic mass is 9.95. The molecule has 0 amide bonds. The lowest BCUT2D eigenvalue weighted by Crippen LogP contribution is -2.28. The summed E-state index contributed by atoms with van der Waals surface area (Å²) in [6, 6.07) is 4.77. The maximum atomic E-state index is 13.0. The molecule has 88 valence electrons. The number of nitrogens with one attached hydrogen (secondary N) is 1. The van der Waals surface area contributed by atoms with Crippen molar-refractivity contribution < 1.29 is 4.39 Å². The third-order valence-electron chi connectivity index (χ3n) is 2.80. The molecule has 0 aromatic heterocycles. The molecule has 1 unspecified atom stereocenters. The van der Waals surface area contributed by atoms with Gasteiger partial charge in [-0.05, 0) is 43.0 Å². The van der Waals surface area contributed by atoms with Crippen molar-refractivity contribution in [1.29, 1.82) is 0 Å². The number of aryl methyl sites for hydroxylation is 1. The van der Waals surface area contributed by atoms with Gasteiger partial charge in [0.05, 0.1) is 0 Å². The van der Waals surface area contributed by atoms with Gasteiger partial charge in [-0.15, -0.1) is 0 Å². The Bertz CT molecular complexity index is 374. The molecule has 1 rings (SSSR count). The van der Waals surface area contributed by atoms with Crippen molar-refractivity contribution >= 4 is 0 Å². The van der Waals surface area contributed by atoms with Crippen LogP contribution in [0.2, 0.25) is 0 Å². The normalized spacial score (nSPS) is 12.5. The fourth-order valence-electron chi connectivity index (χ4n) is 1.72. The van der Waals surface area contributed by atoms with Crippen LogP contribution in [0.1, 0.15) is 36.9 Å². The Morgan fingerprint density at radius 1 is 1.56 bits per heavy atom. The van der Waals surface area contributed by atoms with E-state index in [9.17, 15) is 4.39 Å².